The van der Waals surface area contributed by atoms with E-state index in [2.05, 4.69) is 15.3 Å². The third-order valence-electron chi connectivity index (χ3n) is 2.78. The van der Waals surface area contributed by atoms with Gasteiger partial charge < -0.3 is 20.9 Å². The molecule has 102 valence electrons. The fraction of sp³-hybridized carbons (Fsp3) is 0.385. The van der Waals surface area contributed by atoms with E-state index in [0.717, 1.165) is 11.0 Å². The number of para-hydroxylation sites is 2. The van der Waals surface area contributed by atoms with Gasteiger partial charge in [0.25, 0.3) is 0 Å². The van der Waals surface area contributed by atoms with Crippen LogP contribution in [0.3, 0.4) is 0 Å². The molecule has 0 fully saturated rings. The molecule has 0 aliphatic heterocycles. The van der Waals surface area contributed by atoms with Crippen molar-refractivity contribution in [2.24, 2.45) is 0 Å². The molecule has 6 heteroatoms. The molecule has 1 heterocycles. The normalized spacial score (nSPS) is 12.5. The van der Waals surface area contributed by atoms with Crippen LogP contribution < -0.4 is 11.1 Å². The van der Waals surface area contributed by atoms with Crippen molar-refractivity contribution in [3.8, 4) is 0 Å². The first-order chi connectivity index (χ1) is 9.24. The summed E-state index contributed by atoms with van der Waals surface area (Å²) in [6.45, 7) is 0.538. The smallest absolute Gasteiger partial charge is 0.169 e. The minimum absolute atomic E-state index is 0.0484. The summed E-state index contributed by atoms with van der Waals surface area (Å²) in [5.74, 6) is 0.868. The number of nitrogens with zero attached hydrogens (tertiary/aromatic N) is 2. The molecule has 1 atom stereocenters. The molecule has 0 bridgehead atoms. The zero-order chi connectivity index (χ0) is 13.7. The van der Waals surface area contributed by atoms with E-state index in [0.29, 0.717) is 24.7 Å². The first-order valence-electron chi connectivity index (χ1n) is 6.13. The number of nitrogen functional groups attached to an aromatic ring is 1. The number of aliphatic hydroxyl groups excluding tert-OH is 1. The number of hydrogen-bond donors (Lipinski definition) is 3. The molecule has 2 rings (SSSR count). The van der Waals surface area contributed by atoms with Crippen LogP contribution in [-0.2, 0) is 4.74 Å². The lowest BCUT2D eigenvalue weighted by molar-refractivity contribution is 0.170. The standard InChI is InChI=1S/C13H18N4O2/c1-19-8-9(6-7-18)15-13-12(14)16-10-4-2-3-5-11(10)17-13/h2-5,9,18H,6-8H2,1H3,(H2,14,16)(H,15,17). The van der Waals surface area contributed by atoms with E-state index in [1.165, 1.54) is 0 Å². The highest BCUT2D eigenvalue weighted by Gasteiger charge is 2.12. The Morgan fingerprint density at radius 1 is 1.32 bits per heavy atom. The van der Waals surface area contributed by atoms with E-state index in [1.807, 2.05) is 24.3 Å². The molecule has 0 aliphatic rings. The Bertz CT molecular complexity index is 541. The summed E-state index contributed by atoms with van der Waals surface area (Å²) in [4.78, 5) is 8.74. The third kappa shape index (κ3) is 3.30. The molecule has 0 amide bonds. The molecule has 4 N–H and O–H groups in total. The molecule has 19 heavy (non-hydrogen) atoms. The quantitative estimate of drug-likeness (QED) is 0.719. The van der Waals surface area contributed by atoms with E-state index in [9.17, 15) is 0 Å². The molecular weight excluding hydrogens is 244 g/mol. The van der Waals surface area contributed by atoms with Crippen LogP contribution in [-0.4, -0.2) is 41.4 Å². The van der Waals surface area contributed by atoms with E-state index < -0.39 is 0 Å². The molecule has 0 saturated carbocycles. The highest BCUT2D eigenvalue weighted by atomic mass is 16.5. The summed E-state index contributed by atoms with van der Waals surface area (Å²) in [6.07, 6.45) is 0.557. The van der Waals surface area contributed by atoms with Crippen molar-refractivity contribution in [3.63, 3.8) is 0 Å². The van der Waals surface area contributed by atoms with Crippen molar-refractivity contribution >= 4 is 22.7 Å². The molecule has 1 aromatic heterocycles. The van der Waals surface area contributed by atoms with Gasteiger partial charge in [0, 0.05) is 13.7 Å². The summed E-state index contributed by atoms with van der Waals surface area (Å²) in [6, 6.07) is 7.49. The van der Waals surface area contributed by atoms with Crippen LogP contribution in [0, 0.1) is 0 Å². The van der Waals surface area contributed by atoms with Gasteiger partial charge in [-0.15, -0.1) is 0 Å². The Labute approximate surface area is 111 Å². The van der Waals surface area contributed by atoms with Crippen LogP contribution in [0.5, 0.6) is 0 Å². The molecule has 0 aliphatic carbocycles. The second kappa shape index (κ2) is 6.31. The summed E-state index contributed by atoms with van der Waals surface area (Å²) in [5, 5.41) is 12.2. The molecule has 1 aromatic carbocycles. The number of fused-ring (bicyclic) bond motifs is 1. The number of nitrogens with two attached hydrogens (primary N) is 1. The Balaban J connectivity index is 2.25. The first-order valence-corrected chi connectivity index (χ1v) is 6.13. The number of methoxy groups -OCH3 is 1. The van der Waals surface area contributed by atoms with Crippen LogP contribution >= 0.6 is 0 Å². The van der Waals surface area contributed by atoms with Crippen molar-refractivity contribution < 1.29 is 9.84 Å². The minimum atomic E-state index is -0.0484. The summed E-state index contributed by atoms with van der Waals surface area (Å²) in [5.41, 5.74) is 7.43. The number of aromatic nitrogens is 2. The fourth-order valence-corrected chi connectivity index (χ4v) is 1.87. The van der Waals surface area contributed by atoms with Gasteiger partial charge in [-0.3, -0.25) is 0 Å². The van der Waals surface area contributed by atoms with Crippen molar-refractivity contribution in [1.82, 2.24) is 9.97 Å². The second-order valence-electron chi connectivity index (χ2n) is 4.26. The molecule has 1 unspecified atom stereocenters. The lowest BCUT2D eigenvalue weighted by atomic mass is 10.2. The molecule has 0 radical (unpaired) electrons. The minimum Gasteiger partial charge on any atom is -0.396 e. The molecule has 2 aromatic rings. The molecule has 0 spiro atoms. The van der Waals surface area contributed by atoms with Crippen LogP contribution in [0.25, 0.3) is 11.0 Å². The van der Waals surface area contributed by atoms with E-state index in [-0.39, 0.29) is 12.6 Å². The van der Waals surface area contributed by atoms with E-state index in [4.69, 9.17) is 15.6 Å². The van der Waals surface area contributed by atoms with Crippen molar-refractivity contribution in [3.05, 3.63) is 24.3 Å². The Morgan fingerprint density at radius 3 is 2.63 bits per heavy atom. The first kappa shape index (κ1) is 13.5. The molecular formula is C13H18N4O2. The number of aliphatic hydroxyl groups is 1. The predicted octanol–water partition coefficient (Wildman–Crippen LogP) is 1.02. The maximum Gasteiger partial charge on any atom is 0.169 e. The second-order valence-corrected chi connectivity index (χ2v) is 4.26. The van der Waals surface area contributed by atoms with Gasteiger partial charge in [0.05, 0.1) is 23.7 Å². The van der Waals surface area contributed by atoms with Crippen LogP contribution in [0.1, 0.15) is 6.42 Å². The highest BCUT2D eigenvalue weighted by molar-refractivity contribution is 5.79. The molecule has 6 nitrogen and oxygen atoms in total. The van der Waals surface area contributed by atoms with Gasteiger partial charge in [0.2, 0.25) is 0 Å². The predicted molar refractivity (Wildman–Crippen MR) is 74.9 cm³/mol. The largest absolute Gasteiger partial charge is 0.396 e. The van der Waals surface area contributed by atoms with Crippen molar-refractivity contribution in [2.45, 2.75) is 12.5 Å². The van der Waals surface area contributed by atoms with Crippen molar-refractivity contribution in [2.75, 3.05) is 31.4 Å². The summed E-state index contributed by atoms with van der Waals surface area (Å²) in [7, 11) is 1.61. The number of anilines is 2. The lowest BCUT2D eigenvalue weighted by Gasteiger charge is -2.18. The zero-order valence-electron chi connectivity index (χ0n) is 10.8. The fourth-order valence-electron chi connectivity index (χ4n) is 1.87. The SMILES string of the molecule is COCC(CCO)Nc1nc2ccccc2nc1N. The van der Waals surface area contributed by atoms with Crippen molar-refractivity contribution in [1.29, 1.82) is 0 Å². The summed E-state index contributed by atoms with van der Waals surface area (Å²) >= 11 is 0. The highest BCUT2D eigenvalue weighted by Crippen LogP contribution is 2.19. The zero-order valence-corrected chi connectivity index (χ0v) is 10.8. The average molecular weight is 262 g/mol. The summed E-state index contributed by atoms with van der Waals surface area (Å²) < 4.78 is 5.09. The van der Waals surface area contributed by atoms with Gasteiger partial charge >= 0.3 is 0 Å². The van der Waals surface area contributed by atoms with Gasteiger partial charge in [-0.25, -0.2) is 9.97 Å². The number of rotatable bonds is 6. The average Bonchev–Trinajstić information content (AvgIpc) is 2.40. The van der Waals surface area contributed by atoms with Gasteiger partial charge in [-0.2, -0.15) is 0 Å². The number of benzene rings is 1. The third-order valence-corrected chi connectivity index (χ3v) is 2.78. The van der Waals surface area contributed by atoms with Gasteiger partial charge in [-0.1, -0.05) is 12.1 Å². The monoisotopic (exact) mass is 262 g/mol. The maximum atomic E-state index is 9.02. The number of ether oxygens (including phenoxy) is 1. The number of hydrogen-bond acceptors (Lipinski definition) is 6. The Hall–Kier alpha value is -1.92. The van der Waals surface area contributed by atoms with Crippen LogP contribution in [0.4, 0.5) is 11.6 Å². The molecule has 0 saturated heterocycles. The van der Waals surface area contributed by atoms with Crippen LogP contribution in [0.2, 0.25) is 0 Å². The number of nitrogens with one attached hydrogen (secondary N) is 1. The van der Waals surface area contributed by atoms with Crippen LogP contribution in [0.15, 0.2) is 24.3 Å². The Morgan fingerprint density at radius 2 is 2.00 bits per heavy atom. The lowest BCUT2D eigenvalue weighted by Crippen LogP contribution is -2.27. The van der Waals surface area contributed by atoms with Gasteiger partial charge in [-0.05, 0) is 18.6 Å². The van der Waals surface area contributed by atoms with Gasteiger partial charge in [0.1, 0.15) is 0 Å². The van der Waals surface area contributed by atoms with Gasteiger partial charge in [0.15, 0.2) is 11.6 Å². The van der Waals surface area contributed by atoms with E-state index in [1.54, 1.807) is 7.11 Å². The van der Waals surface area contributed by atoms with E-state index >= 15 is 0 Å². The Kier molecular flexibility index (Phi) is 4.48. The maximum absolute atomic E-state index is 9.02. The topological polar surface area (TPSA) is 93.3 Å².